The Hall–Kier alpha value is -0.610. The van der Waals surface area contributed by atoms with E-state index in [1.165, 1.54) is 5.06 Å². The quantitative estimate of drug-likeness (QED) is 0.738. The second-order valence-corrected chi connectivity index (χ2v) is 3.73. The number of nitrogens with two attached hydrogens (primary N) is 1. The van der Waals surface area contributed by atoms with Gasteiger partial charge in [0.15, 0.2) is 0 Å². The highest BCUT2D eigenvalue weighted by Gasteiger charge is 2.22. The van der Waals surface area contributed by atoms with Crippen molar-refractivity contribution < 1.29 is 9.63 Å². The summed E-state index contributed by atoms with van der Waals surface area (Å²) < 4.78 is 0. The number of unbranched alkanes of at least 4 members (excludes halogenated alkanes) is 1. The standard InChI is InChI=1S/C10H20N2O2/c1-2-3-6-9(11)10(13)12-7-4-5-8-14-12/h9H,2-8,11H2,1H3/t9-/m0/s1. The molecule has 0 aromatic carbocycles. The molecule has 0 aromatic heterocycles. The summed E-state index contributed by atoms with van der Waals surface area (Å²) in [6, 6.07) is -0.381. The Balaban J connectivity index is 2.30. The molecule has 2 N–H and O–H groups in total. The molecule has 4 nitrogen and oxygen atoms in total. The van der Waals surface area contributed by atoms with Gasteiger partial charge in [-0.25, -0.2) is 5.06 Å². The van der Waals surface area contributed by atoms with Crippen LogP contribution in [-0.4, -0.2) is 30.2 Å². The van der Waals surface area contributed by atoms with Gasteiger partial charge in [-0.2, -0.15) is 0 Å². The zero-order chi connectivity index (χ0) is 10.4. The normalized spacial score (nSPS) is 19.4. The van der Waals surface area contributed by atoms with Crippen molar-refractivity contribution in [3.8, 4) is 0 Å². The molecule has 82 valence electrons. The lowest BCUT2D eigenvalue weighted by molar-refractivity contribution is -0.198. The van der Waals surface area contributed by atoms with Crippen LogP contribution in [0.5, 0.6) is 0 Å². The predicted octanol–water partition coefficient (Wildman–Crippen LogP) is 1.06. The Labute approximate surface area is 85.3 Å². The summed E-state index contributed by atoms with van der Waals surface area (Å²) in [5.74, 6) is -0.0573. The molecule has 0 unspecified atom stereocenters. The van der Waals surface area contributed by atoms with Gasteiger partial charge in [0.25, 0.3) is 5.91 Å². The Morgan fingerprint density at radius 2 is 2.36 bits per heavy atom. The second kappa shape index (κ2) is 5.98. The number of carbonyl (C=O) groups excluding carboxylic acids is 1. The van der Waals surface area contributed by atoms with Gasteiger partial charge < -0.3 is 5.73 Å². The van der Waals surface area contributed by atoms with E-state index in [1.54, 1.807) is 0 Å². The highest BCUT2D eigenvalue weighted by Crippen LogP contribution is 2.09. The maximum absolute atomic E-state index is 11.7. The third-order valence-corrected chi connectivity index (χ3v) is 2.43. The summed E-state index contributed by atoms with van der Waals surface area (Å²) in [6.07, 6.45) is 4.89. The van der Waals surface area contributed by atoms with Gasteiger partial charge in [0.05, 0.1) is 12.6 Å². The number of nitrogens with zero attached hydrogens (tertiary/aromatic N) is 1. The number of hydrogen-bond acceptors (Lipinski definition) is 3. The zero-order valence-corrected chi connectivity index (χ0v) is 8.87. The zero-order valence-electron chi connectivity index (χ0n) is 8.87. The van der Waals surface area contributed by atoms with Gasteiger partial charge in [0.1, 0.15) is 0 Å². The van der Waals surface area contributed by atoms with E-state index in [4.69, 9.17) is 10.6 Å². The Kier molecular flexibility index (Phi) is 4.90. The molecule has 1 atom stereocenters. The van der Waals surface area contributed by atoms with Crippen LogP contribution in [0.15, 0.2) is 0 Å². The van der Waals surface area contributed by atoms with Crippen LogP contribution in [0, 0.1) is 0 Å². The molecule has 1 heterocycles. The molecule has 1 rings (SSSR count). The molecule has 1 amide bonds. The molecule has 0 spiro atoms. The maximum Gasteiger partial charge on any atom is 0.263 e. The minimum atomic E-state index is -0.381. The van der Waals surface area contributed by atoms with E-state index in [0.29, 0.717) is 13.2 Å². The Morgan fingerprint density at radius 3 is 2.93 bits per heavy atom. The van der Waals surface area contributed by atoms with E-state index in [1.807, 2.05) is 0 Å². The highest BCUT2D eigenvalue weighted by molar-refractivity contribution is 5.80. The van der Waals surface area contributed by atoms with Crippen LogP contribution in [0.25, 0.3) is 0 Å². The van der Waals surface area contributed by atoms with Crippen LogP contribution in [0.3, 0.4) is 0 Å². The Bertz CT molecular complexity index is 179. The highest BCUT2D eigenvalue weighted by atomic mass is 16.7. The van der Waals surface area contributed by atoms with Crippen molar-refractivity contribution in [2.75, 3.05) is 13.2 Å². The molecule has 1 aliphatic rings. The molecular formula is C10H20N2O2. The lowest BCUT2D eigenvalue weighted by Gasteiger charge is -2.28. The van der Waals surface area contributed by atoms with E-state index in [2.05, 4.69) is 6.92 Å². The lowest BCUT2D eigenvalue weighted by atomic mass is 10.1. The largest absolute Gasteiger partial charge is 0.320 e. The van der Waals surface area contributed by atoms with E-state index in [9.17, 15) is 4.79 Å². The lowest BCUT2D eigenvalue weighted by Crippen LogP contribution is -2.45. The Morgan fingerprint density at radius 1 is 1.57 bits per heavy atom. The summed E-state index contributed by atoms with van der Waals surface area (Å²) in [5.41, 5.74) is 5.76. The number of hydroxylamine groups is 2. The van der Waals surface area contributed by atoms with E-state index < -0.39 is 0 Å². The summed E-state index contributed by atoms with van der Waals surface area (Å²) in [4.78, 5) is 16.9. The fourth-order valence-corrected chi connectivity index (χ4v) is 1.50. The number of carbonyl (C=O) groups is 1. The fraction of sp³-hybridized carbons (Fsp3) is 0.900. The van der Waals surface area contributed by atoms with Crippen LogP contribution in [0.4, 0.5) is 0 Å². The van der Waals surface area contributed by atoms with E-state index in [-0.39, 0.29) is 11.9 Å². The second-order valence-electron chi connectivity index (χ2n) is 3.73. The fourth-order valence-electron chi connectivity index (χ4n) is 1.50. The maximum atomic E-state index is 11.7. The molecule has 0 saturated carbocycles. The van der Waals surface area contributed by atoms with E-state index in [0.717, 1.165) is 32.1 Å². The summed E-state index contributed by atoms with van der Waals surface area (Å²) in [7, 11) is 0. The van der Waals surface area contributed by atoms with Crippen molar-refractivity contribution in [2.45, 2.75) is 45.1 Å². The van der Waals surface area contributed by atoms with Crippen molar-refractivity contribution in [1.82, 2.24) is 5.06 Å². The van der Waals surface area contributed by atoms with Gasteiger partial charge in [0, 0.05) is 6.54 Å². The first kappa shape index (κ1) is 11.5. The molecule has 14 heavy (non-hydrogen) atoms. The monoisotopic (exact) mass is 200 g/mol. The third kappa shape index (κ3) is 3.27. The van der Waals surface area contributed by atoms with Crippen molar-refractivity contribution in [2.24, 2.45) is 5.73 Å². The van der Waals surface area contributed by atoms with Crippen molar-refractivity contribution >= 4 is 5.91 Å². The average Bonchev–Trinajstić information content (AvgIpc) is 2.26. The molecule has 1 fully saturated rings. The summed E-state index contributed by atoms with van der Waals surface area (Å²) in [6.45, 7) is 3.43. The predicted molar refractivity (Wildman–Crippen MR) is 54.4 cm³/mol. The molecule has 4 heteroatoms. The molecule has 0 bridgehead atoms. The van der Waals surface area contributed by atoms with Gasteiger partial charge in [-0.3, -0.25) is 9.63 Å². The molecule has 0 aromatic rings. The van der Waals surface area contributed by atoms with Crippen LogP contribution >= 0.6 is 0 Å². The molecule has 1 saturated heterocycles. The number of hydrogen-bond donors (Lipinski definition) is 1. The van der Waals surface area contributed by atoms with Gasteiger partial charge in [-0.1, -0.05) is 19.8 Å². The van der Waals surface area contributed by atoms with Crippen LogP contribution < -0.4 is 5.73 Å². The molecule has 0 aliphatic carbocycles. The van der Waals surface area contributed by atoms with Gasteiger partial charge in [0.2, 0.25) is 0 Å². The van der Waals surface area contributed by atoms with Gasteiger partial charge in [-0.15, -0.1) is 0 Å². The first-order valence-corrected chi connectivity index (χ1v) is 5.45. The molecular weight excluding hydrogens is 180 g/mol. The first-order chi connectivity index (χ1) is 6.75. The van der Waals surface area contributed by atoms with Crippen molar-refractivity contribution in [3.05, 3.63) is 0 Å². The van der Waals surface area contributed by atoms with Crippen LogP contribution in [0.2, 0.25) is 0 Å². The minimum Gasteiger partial charge on any atom is -0.320 e. The molecule has 1 aliphatic heterocycles. The van der Waals surface area contributed by atoms with Crippen LogP contribution in [0.1, 0.15) is 39.0 Å². The SMILES string of the molecule is CCCC[C@H](N)C(=O)N1CCCCO1. The topological polar surface area (TPSA) is 55.6 Å². The smallest absolute Gasteiger partial charge is 0.263 e. The minimum absolute atomic E-state index is 0.0573. The van der Waals surface area contributed by atoms with Crippen molar-refractivity contribution in [1.29, 1.82) is 0 Å². The first-order valence-electron chi connectivity index (χ1n) is 5.45. The average molecular weight is 200 g/mol. The number of rotatable bonds is 4. The van der Waals surface area contributed by atoms with E-state index >= 15 is 0 Å². The third-order valence-electron chi connectivity index (χ3n) is 2.43. The van der Waals surface area contributed by atoms with Gasteiger partial charge >= 0.3 is 0 Å². The molecule has 0 radical (unpaired) electrons. The number of amides is 1. The van der Waals surface area contributed by atoms with Crippen LogP contribution in [-0.2, 0) is 9.63 Å². The summed E-state index contributed by atoms with van der Waals surface area (Å²) in [5, 5.41) is 1.43. The van der Waals surface area contributed by atoms with Crippen molar-refractivity contribution in [3.63, 3.8) is 0 Å². The van der Waals surface area contributed by atoms with Gasteiger partial charge in [-0.05, 0) is 19.3 Å². The summed E-state index contributed by atoms with van der Waals surface area (Å²) >= 11 is 0.